The van der Waals surface area contributed by atoms with E-state index in [0.717, 1.165) is 17.8 Å². The van der Waals surface area contributed by atoms with Gasteiger partial charge in [0, 0.05) is 6.04 Å². The van der Waals surface area contributed by atoms with E-state index in [-0.39, 0.29) is 0 Å². The normalized spacial score (nSPS) is 38.5. The van der Waals surface area contributed by atoms with Crippen LogP contribution in [0.25, 0.3) is 0 Å². The summed E-state index contributed by atoms with van der Waals surface area (Å²) < 4.78 is 0. The van der Waals surface area contributed by atoms with E-state index >= 15 is 0 Å². The Kier molecular flexibility index (Phi) is 3.07. The number of hydrogen-bond acceptors (Lipinski definition) is 4. The number of hydrogen-bond donors (Lipinski definition) is 2. The lowest BCUT2D eigenvalue weighted by molar-refractivity contribution is -0.0603. The lowest BCUT2D eigenvalue weighted by atomic mass is 9.48. The summed E-state index contributed by atoms with van der Waals surface area (Å²) in [5.41, 5.74) is 6.90. The Balaban J connectivity index is 1.57. The highest BCUT2D eigenvalue weighted by atomic mass is 35.5. The highest BCUT2D eigenvalue weighted by Crippen LogP contribution is 2.61. The summed E-state index contributed by atoms with van der Waals surface area (Å²) in [5, 5.41) is 3.89. The van der Waals surface area contributed by atoms with Crippen molar-refractivity contribution >= 4 is 23.1 Å². The fraction of sp³-hybridized carbons (Fsp3) is 0.750. The van der Waals surface area contributed by atoms with Gasteiger partial charge in [-0.1, -0.05) is 11.6 Å². The molecule has 1 heterocycles. The van der Waals surface area contributed by atoms with Gasteiger partial charge in [-0.25, -0.2) is 9.97 Å². The molecule has 1 unspecified atom stereocenters. The van der Waals surface area contributed by atoms with E-state index in [1.807, 2.05) is 0 Å². The molecule has 0 saturated heterocycles. The summed E-state index contributed by atoms with van der Waals surface area (Å²) in [7, 11) is 0. The van der Waals surface area contributed by atoms with Crippen molar-refractivity contribution in [1.29, 1.82) is 0 Å². The second-order valence-corrected chi connectivity index (χ2v) is 7.93. The third-order valence-corrected chi connectivity index (χ3v) is 6.49. The fourth-order valence-electron chi connectivity index (χ4n) is 5.56. The molecule has 0 aromatic carbocycles. The summed E-state index contributed by atoms with van der Waals surface area (Å²) in [6.45, 7) is 2.29. The van der Waals surface area contributed by atoms with Crippen molar-refractivity contribution in [3.63, 3.8) is 0 Å². The van der Waals surface area contributed by atoms with Gasteiger partial charge in [-0.15, -0.1) is 0 Å². The number of halogens is 1. The van der Waals surface area contributed by atoms with Gasteiger partial charge in [0.25, 0.3) is 0 Å². The Bertz CT molecular complexity index is 524. The van der Waals surface area contributed by atoms with Crippen molar-refractivity contribution in [2.45, 2.75) is 51.5 Å². The fourth-order valence-corrected chi connectivity index (χ4v) is 5.69. The van der Waals surface area contributed by atoms with E-state index in [9.17, 15) is 0 Å². The molecule has 1 atom stereocenters. The van der Waals surface area contributed by atoms with E-state index < -0.39 is 0 Å². The summed E-state index contributed by atoms with van der Waals surface area (Å²) >= 11 is 6.00. The van der Waals surface area contributed by atoms with E-state index in [0.29, 0.717) is 28.1 Å². The molecular formula is C16H23ClN4. The van der Waals surface area contributed by atoms with Crippen LogP contribution in [-0.4, -0.2) is 16.0 Å². The van der Waals surface area contributed by atoms with Crippen LogP contribution in [0.1, 0.15) is 45.4 Å². The van der Waals surface area contributed by atoms with Gasteiger partial charge in [0.2, 0.25) is 0 Å². The van der Waals surface area contributed by atoms with Crippen LogP contribution in [0.15, 0.2) is 6.33 Å². The number of nitrogens with one attached hydrogen (secondary N) is 1. The summed E-state index contributed by atoms with van der Waals surface area (Å²) in [5.74, 6) is 3.55. The average Bonchev–Trinajstić information content (AvgIpc) is 2.42. The van der Waals surface area contributed by atoms with Gasteiger partial charge in [-0.2, -0.15) is 0 Å². The van der Waals surface area contributed by atoms with Crippen molar-refractivity contribution < 1.29 is 0 Å². The largest absolute Gasteiger partial charge is 0.393 e. The van der Waals surface area contributed by atoms with Gasteiger partial charge >= 0.3 is 0 Å². The second kappa shape index (κ2) is 4.73. The Morgan fingerprint density at radius 2 is 1.76 bits per heavy atom. The van der Waals surface area contributed by atoms with Crippen LogP contribution in [0.2, 0.25) is 5.15 Å². The molecule has 4 saturated carbocycles. The van der Waals surface area contributed by atoms with Crippen LogP contribution in [0.4, 0.5) is 11.5 Å². The minimum atomic E-state index is 0.338. The highest BCUT2D eigenvalue weighted by Gasteiger charge is 2.53. The number of nitrogens with two attached hydrogens (primary N) is 1. The quantitative estimate of drug-likeness (QED) is 0.835. The summed E-state index contributed by atoms with van der Waals surface area (Å²) in [6.07, 6.45) is 9.98. The first kappa shape index (κ1) is 13.6. The lowest BCUT2D eigenvalue weighted by Gasteiger charge is -2.59. The number of anilines is 2. The van der Waals surface area contributed by atoms with Gasteiger partial charge < -0.3 is 11.1 Å². The van der Waals surface area contributed by atoms with Crippen LogP contribution < -0.4 is 11.1 Å². The van der Waals surface area contributed by atoms with E-state index in [1.54, 1.807) is 0 Å². The molecule has 3 N–H and O–H groups in total. The maximum Gasteiger partial charge on any atom is 0.157 e. The molecule has 1 aromatic rings. The molecule has 5 heteroatoms. The number of rotatable bonds is 3. The van der Waals surface area contributed by atoms with Crippen molar-refractivity contribution in [1.82, 2.24) is 9.97 Å². The molecular weight excluding hydrogens is 284 g/mol. The highest BCUT2D eigenvalue weighted by molar-refractivity contribution is 6.32. The molecule has 4 bridgehead atoms. The van der Waals surface area contributed by atoms with Gasteiger partial charge in [-0.05, 0) is 68.6 Å². The van der Waals surface area contributed by atoms with E-state index in [2.05, 4.69) is 22.2 Å². The lowest BCUT2D eigenvalue weighted by Crippen LogP contribution is -2.53. The first-order valence-electron chi connectivity index (χ1n) is 8.08. The molecule has 4 nitrogen and oxygen atoms in total. The Morgan fingerprint density at radius 3 is 2.33 bits per heavy atom. The van der Waals surface area contributed by atoms with Crippen molar-refractivity contribution in [2.24, 2.45) is 23.2 Å². The molecule has 0 spiro atoms. The molecule has 4 fully saturated rings. The Hall–Kier alpha value is -1.03. The minimum Gasteiger partial charge on any atom is -0.393 e. The average molecular weight is 307 g/mol. The van der Waals surface area contributed by atoms with Crippen LogP contribution >= 0.6 is 11.6 Å². The topological polar surface area (TPSA) is 63.8 Å². The predicted molar refractivity (Wildman–Crippen MR) is 85.1 cm³/mol. The van der Waals surface area contributed by atoms with E-state index in [1.165, 1.54) is 44.9 Å². The standard InChI is InChI=1S/C16H23ClN4/c1-9(21-15-13(18)14(17)19-8-20-15)16-5-10-2-11(6-16)4-12(3-10)7-16/h8-12H,2-7,18H2,1H3,(H,19,20,21). The van der Waals surface area contributed by atoms with Crippen molar-refractivity contribution in [3.8, 4) is 0 Å². The molecule has 5 rings (SSSR count). The van der Waals surface area contributed by atoms with Gasteiger partial charge in [0.15, 0.2) is 11.0 Å². The molecule has 114 valence electrons. The number of aromatic nitrogens is 2. The van der Waals surface area contributed by atoms with Gasteiger partial charge in [0.05, 0.1) is 0 Å². The maximum absolute atomic E-state index is 6.00. The number of nitrogen functional groups attached to an aromatic ring is 1. The summed E-state index contributed by atoms with van der Waals surface area (Å²) in [6, 6.07) is 0.388. The Labute approximate surface area is 130 Å². The Morgan fingerprint density at radius 1 is 1.19 bits per heavy atom. The zero-order valence-electron chi connectivity index (χ0n) is 12.5. The molecule has 21 heavy (non-hydrogen) atoms. The van der Waals surface area contributed by atoms with Crippen LogP contribution in [0.3, 0.4) is 0 Å². The SMILES string of the molecule is CC(Nc1ncnc(Cl)c1N)C12CC3CC(CC(C3)C1)C2. The van der Waals surface area contributed by atoms with Crippen molar-refractivity contribution in [3.05, 3.63) is 11.5 Å². The predicted octanol–water partition coefficient (Wildman–Crippen LogP) is 3.73. The zero-order valence-corrected chi connectivity index (χ0v) is 13.2. The first-order chi connectivity index (χ1) is 10.1. The van der Waals surface area contributed by atoms with Gasteiger partial charge in [-0.3, -0.25) is 0 Å². The third-order valence-electron chi connectivity index (χ3n) is 6.19. The maximum atomic E-state index is 6.00. The monoisotopic (exact) mass is 306 g/mol. The first-order valence-corrected chi connectivity index (χ1v) is 8.46. The van der Waals surface area contributed by atoms with E-state index in [4.69, 9.17) is 17.3 Å². The van der Waals surface area contributed by atoms with Crippen LogP contribution in [0, 0.1) is 23.2 Å². The van der Waals surface area contributed by atoms with Crippen LogP contribution in [0.5, 0.6) is 0 Å². The minimum absolute atomic E-state index is 0.338. The summed E-state index contributed by atoms with van der Waals surface area (Å²) in [4.78, 5) is 8.20. The number of nitrogens with zero attached hydrogens (tertiary/aromatic N) is 2. The molecule has 0 amide bonds. The van der Waals surface area contributed by atoms with Gasteiger partial charge in [0.1, 0.15) is 12.0 Å². The zero-order chi connectivity index (χ0) is 14.6. The molecule has 4 aliphatic carbocycles. The van der Waals surface area contributed by atoms with Crippen LogP contribution in [-0.2, 0) is 0 Å². The molecule has 4 aliphatic rings. The third kappa shape index (κ3) is 2.19. The smallest absolute Gasteiger partial charge is 0.157 e. The molecule has 0 aliphatic heterocycles. The second-order valence-electron chi connectivity index (χ2n) is 7.57. The molecule has 1 aromatic heterocycles. The molecule has 0 radical (unpaired) electrons. The van der Waals surface area contributed by atoms with Crippen molar-refractivity contribution in [2.75, 3.05) is 11.1 Å².